The molecule has 112 valence electrons. The first-order chi connectivity index (χ1) is 9.51. The molecular weight excluding hydrogens is 252 g/mol. The summed E-state index contributed by atoms with van der Waals surface area (Å²) in [5, 5.41) is 5.68. The average molecular weight is 278 g/mol. The number of aryl methyl sites for hydroxylation is 1. The molecule has 1 aromatic carbocycles. The third-order valence-electron chi connectivity index (χ3n) is 3.55. The Bertz CT molecular complexity index is 470. The highest BCUT2D eigenvalue weighted by atomic mass is 16.5. The molecule has 0 spiro atoms. The van der Waals surface area contributed by atoms with Gasteiger partial charge in [-0.05, 0) is 55.9 Å². The lowest BCUT2D eigenvalue weighted by Crippen LogP contribution is -2.36. The number of hydrogen-bond acceptors (Lipinski definition) is 2. The fraction of sp³-hybridized carbons (Fsp3) is 0.562. The van der Waals surface area contributed by atoms with Gasteiger partial charge in [0.2, 0.25) is 0 Å². The summed E-state index contributed by atoms with van der Waals surface area (Å²) in [7, 11) is 1.70. The molecule has 0 fully saturated rings. The van der Waals surface area contributed by atoms with Crippen LogP contribution in [0.3, 0.4) is 0 Å². The molecule has 2 amide bonds. The van der Waals surface area contributed by atoms with E-state index in [-0.39, 0.29) is 6.03 Å². The minimum atomic E-state index is -0.0912. The summed E-state index contributed by atoms with van der Waals surface area (Å²) >= 11 is 0. The summed E-state index contributed by atoms with van der Waals surface area (Å²) in [5.41, 5.74) is 4.82. The average Bonchev–Trinajstić information content (AvgIpc) is 2.42. The van der Waals surface area contributed by atoms with E-state index >= 15 is 0 Å². The predicted molar refractivity (Wildman–Crippen MR) is 82.6 cm³/mol. The second-order valence-corrected chi connectivity index (χ2v) is 5.07. The van der Waals surface area contributed by atoms with Crippen molar-refractivity contribution in [2.75, 3.05) is 20.2 Å². The Hall–Kier alpha value is -1.71. The number of urea groups is 1. The van der Waals surface area contributed by atoms with Gasteiger partial charge in [-0.25, -0.2) is 4.79 Å². The topological polar surface area (TPSA) is 50.4 Å². The minimum absolute atomic E-state index is 0.0912. The van der Waals surface area contributed by atoms with Crippen molar-refractivity contribution in [2.24, 2.45) is 0 Å². The predicted octanol–water partition coefficient (Wildman–Crippen LogP) is 2.87. The molecular formula is C16H26N2O2. The lowest BCUT2D eigenvalue weighted by Gasteiger charge is -2.16. The van der Waals surface area contributed by atoms with E-state index in [1.165, 1.54) is 16.7 Å². The number of benzene rings is 1. The van der Waals surface area contributed by atoms with E-state index < -0.39 is 0 Å². The van der Waals surface area contributed by atoms with Gasteiger partial charge in [-0.2, -0.15) is 0 Å². The van der Waals surface area contributed by atoms with E-state index in [1.54, 1.807) is 7.11 Å². The van der Waals surface area contributed by atoms with E-state index in [1.807, 2.05) is 6.92 Å². The smallest absolute Gasteiger partial charge is 0.314 e. The van der Waals surface area contributed by atoms with Crippen LogP contribution in [-0.2, 0) is 6.42 Å². The van der Waals surface area contributed by atoms with Gasteiger partial charge in [-0.3, -0.25) is 0 Å². The molecule has 0 aromatic heterocycles. The van der Waals surface area contributed by atoms with Crippen LogP contribution >= 0.6 is 0 Å². The molecule has 4 heteroatoms. The van der Waals surface area contributed by atoms with Gasteiger partial charge in [0.25, 0.3) is 0 Å². The summed E-state index contributed by atoms with van der Waals surface area (Å²) < 4.78 is 5.42. The second-order valence-electron chi connectivity index (χ2n) is 5.07. The van der Waals surface area contributed by atoms with Crippen molar-refractivity contribution in [3.05, 3.63) is 28.3 Å². The SMILES string of the molecule is CCCNC(=O)NCCc1cc(C)c(OC)c(C)c1C. The van der Waals surface area contributed by atoms with Gasteiger partial charge in [0.15, 0.2) is 0 Å². The van der Waals surface area contributed by atoms with E-state index in [0.29, 0.717) is 13.1 Å². The third kappa shape index (κ3) is 4.15. The summed E-state index contributed by atoms with van der Waals surface area (Å²) in [6, 6.07) is 2.05. The molecule has 1 aromatic rings. The van der Waals surface area contributed by atoms with Gasteiger partial charge in [-0.1, -0.05) is 13.0 Å². The lowest BCUT2D eigenvalue weighted by atomic mass is 9.96. The quantitative estimate of drug-likeness (QED) is 0.840. The maximum absolute atomic E-state index is 11.5. The van der Waals surface area contributed by atoms with Crippen LogP contribution in [0.15, 0.2) is 6.07 Å². The molecule has 0 saturated heterocycles. The molecule has 4 nitrogen and oxygen atoms in total. The molecule has 0 saturated carbocycles. The highest BCUT2D eigenvalue weighted by molar-refractivity contribution is 5.73. The summed E-state index contributed by atoms with van der Waals surface area (Å²) in [6.45, 7) is 9.62. The molecule has 1 rings (SSSR count). The molecule has 0 unspecified atom stereocenters. The Morgan fingerprint density at radius 3 is 2.40 bits per heavy atom. The molecule has 0 aliphatic carbocycles. The molecule has 0 bridgehead atoms. The zero-order valence-electron chi connectivity index (χ0n) is 13.2. The van der Waals surface area contributed by atoms with Crippen LogP contribution in [0.2, 0.25) is 0 Å². The molecule has 0 aliphatic heterocycles. The monoisotopic (exact) mass is 278 g/mol. The molecule has 0 atom stereocenters. The number of amides is 2. The van der Waals surface area contributed by atoms with E-state index in [4.69, 9.17) is 4.74 Å². The van der Waals surface area contributed by atoms with Crippen LogP contribution in [0.25, 0.3) is 0 Å². The summed E-state index contributed by atoms with van der Waals surface area (Å²) in [6.07, 6.45) is 1.78. The van der Waals surface area contributed by atoms with Crippen molar-refractivity contribution in [1.82, 2.24) is 10.6 Å². The number of methoxy groups -OCH3 is 1. The van der Waals surface area contributed by atoms with E-state index in [2.05, 4.69) is 37.5 Å². The van der Waals surface area contributed by atoms with Crippen molar-refractivity contribution in [2.45, 2.75) is 40.5 Å². The number of nitrogens with one attached hydrogen (secondary N) is 2. The highest BCUT2D eigenvalue weighted by Gasteiger charge is 2.10. The van der Waals surface area contributed by atoms with Crippen molar-refractivity contribution in [3.8, 4) is 5.75 Å². The maximum atomic E-state index is 11.5. The van der Waals surface area contributed by atoms with E-state index in [9.17, 15) is 4.79 Å². The zero-order valence-corrected chi connectivity index (χ0v) is 13.2. The minimum Gasteiger partial charge on any atom is -0.496 e. The van der Waals surface area contributed by atoms with Crippen LogP contribution in [0, 0.1) is 20.8 Å². The largest absolute Gasteiger partial charge is 0.496 e. The normalized spacial score (nSPS) is 10.2. The van der Waals surface area contributed by atoms with Crippen LogP contribution in [0.1, 0.15) is 35.6 Å². The first-order valence-corrected chi connectivity index (χ1v) is 7.16. The first-order valence-electron chi connectivity index (χ1n) is 7.16. The van der Waals surface area contributed by atoms with Gasteiger partial charge in [0.05, 0.1) is 7.11 Å². The number of hydrogen-bond donors (Lipinski definition) is 2. The molecule has 0 radical (unpaired) electrons. The number of carbonyl (C=O) groups excluding carboxylic acids is 1. The third-order valence-corrected chi connectivity index (χ3v) is 3.55. The fourth-order valence-electron chi connectivity index (χ4n) is 2.33. The van der Waals surface area contributed by atoms with E-state index in [0.717, 1.165) is 24.2 Å². The van der Waals surface area contributed by atoms with Gasteiger partial charge in [0.1, 0.15) is 5.75 Å². The molecule has 0 heterocycles. The Morgan fingerprint density at radius 1 is 1.15 bits per heavy atom. The Labute approximate surface area is 121 Å². The first kappa shape index (κ1) is 16.3. The number of ether oxygens (including phenoxy) is 1. The Balaban J connectivity index is 2.63. The van der Waals surface area contributed by atoms with Gasteiger partial charge >= 0.3 is 6.03 Å². The fourth-order valence-corrected chi connectivity index (χ4v) is 2.33. The van der Waals surface area contributed by atoms with Crippen LogP contribution in [0.5, 0.6) is 5.75 Å². The Morgan fingerprint density at radius 2 is 1.80 bits per heavy atom. The van der Waals surface area contributed by atoms with Gasteiger partial charge in [-0.15, -0.1) is 0 Å². The van der Waals surface area contributed by atoms with Crippen LogP contribution in [-0.4, -0.2) is 26.2 Å². The summed E-state index contributed by atoms with van der Waals surface area (Å²) in [5.74, 6) is 0.958. The number of carbonyl (C=O) groups is 1. The van der Waals surface area contributed by atoms with Crippen LogP contribution in [0.4, 0.5) is 4.79 Å². The zero-order chi connectivity index (χ0) is 15.1. The second kappa shape index (κ2) is 7.78. The highest BCUT2D eigenvalue weighted by Crippen LogP contribution is 2.28. The van der Waals surface area contributed by atoms with Crippen molar-refractivity contribution in [1.29, 1.82) is 0 Å². The van der Waals surface area contributed by atoms with Crippen molar-refractivity contribution >= 4 is 6.03 Å². The van der Waals surface area contributed by atoms with Gasteiger partial charge < -0.3 is 15.4 Å². The standard InChI is InChI=1S/C16H26N2O2/c1-6-8-17-16(19)18-9-7-14-10-11(2)15(20-5)13(4)12(14)3/h10H,6-9H2,1-5H3,(H2,17,18,19). The van der Waals surface area contributed by atoms with Crippen LogP contribution < -0.4 is 15.4 Å². The molecule has 2 N–H and O–H groups in total. The summed E-state index contributed by atoms with van der Waals surface area (Å²) in [4.78, 5) is 11.5. The molecule has 0 aliphatic rings. The maximum Gasteiger partial charge on any atom is 0.314 e. The van der Waals surface area contributed by atoms with Crippen molar-refractivity contribution < 1.29 is 9.53 Å². The lowest BCUT2D eigenvalue weighted by molar-refractivity contribution is 0.241. The van der Waals surface area contributed by atoms with Crippen molar-refractivity contribution in [3.63, 3.8) is 0 Å². The van der Waals surface area contributed by atoms with Gasteiger partial charge in [0, 0.05) is 13.1 Å². The Kier molecular flexibility index (Phi) is 6.36. The number of rotatable bonds is 6. The molecule has 20 heavy (non-hydrogen) atoms.